The first kappa shape index (κ1) is 8.96. The molecule has 2 heteroatoms. The molecule has 70 valence electrons. The fourth-order valence-electron chi connectivity index (χ4n) is 2.18. The second kappa shape index (κ2) is 3.26. The highest BCUT2D eigenvalue weighted by atomic mass is 16.1. The van der Waals surface area contributed by atoms with Crippen LogP contribution in [0.15, 0.2) is 18.2 Å². The Kier molecular flexibility index (Phi) is 2.09. The fourth-order valence-corrected chi connectivity index (χ4v) is 2.18. The van der Waals surface area contributed by atoms with Gasteiger partial charge in [0.25, 0.3) is 0 Å². The lowest BCUT2D eigenvalue weighted by Crippen LogP contribution is -2.04. The molecule has 0 spiro atoms. The van der Waals surface area contributed by atoms with E-state index < -0.39 is 0 Å². The molecule has 0 saturated carbocycles. The summed E-state index contributed by atoms with van der Waals surface area (Å²) in [5.74, 6) is 0.233. The van der Waals surface area contributed by atoms with Gasteiger partial charge in [0.1, 0.15) is 5.78 Å². The normalized spacial score (nSPS) is 18.7. The van der Waals surface area contributed by atoms with Gasteiger partial charge in [-0.1, -0.05) is 12.1 Å². The quantitative estimate of drug-likeness (QED) is 0.672. The molecule has 2 nitrogen and oxygen atoms in total. The monoisotopic (exact) mass is 185 g/mol. The van der Waals surface area contributed by atoms with Crippen LogP contribution in [0.3, 0.4) is 0 Å². The van der Waals surface area contributed by atoms with Crippen LogP contribution in [0.1, 0.15) is 36.0 Å². The van der Waals surface area contributed by atoms with E-state index in [9.17, 15) is 4.79 Å². The summed E-state index contributed by atoms with van der Waals surface area (Å²) in [6.07, 6.45) is 1.73. The first-order chi connectivity index (χ1) is 6.74. The predicted molar refractivity (Wildman–Crippen MR) is 52.9 cm³/mol. The molecule has 0 fully saturated rings. The first-order valence-electron chi connectivity index (χ1n) is 4.76. The summed E-state index contributed by atoms with van der Waals surface area (Å²) in [4.78, 5) is 11.3. The number of fused-ring (bicyclic) bond motifs is 1. The van der Waals surface area contributed by atoms with Crippen LogP contribution in [0, 0.1) is 11.3 Å². The zero-order chi connectivity index (χ0) is 10.1. The van der Waals surface area contributed by atoms with E-state index in [4.69, 9.17) is 5.26 Å². The Morgan fingerprint density at radius 1 is 1.57 bits per heavy atom. The van der Waals surface area contributed by atoms with Crippen LogP contribution in [0.4, 0.5) is 0 Å². The average Bonchev–Trinajstić information content (AvgIpc) is 2.60. The smallest absolute Gasteiger partial charge is 0.137 e. The molecular weight excluding hydrogens is 174 g/mol. The first-order valence-corrected chi connectivity index (χ1v) is 4.76. The molecule has 14 heavy (non-hydrogen) atoms. The standard InChI is InChI=1S/C12H11NO/c1-8(14)10-5-6-11-9(7-13)3-2-4-12(10)11/h2-4,10H,5-6H2,1H3. The van der Waals surface area contributed by atoms with Gasteiger partial charge in [0.15, 0.2) is 0 Å². The third-order valence-corrected chi connectivity index (χ3v) is 2.88. The summed E-state index contributed by atoms with van der Waals surface area (Å²) in [6, 6.07) is 7.82. The third-order valence-electron chi connectivity index (χ3n) is 2.88. The van der Waals surface area contributed by atoms with Crippen molar-refractivity contribution in [3.8, 4) is 6.07 Å². The van der Waals surface area contributed by atoms with E-state index in [0.29, 0.717) is 0 Å². The van der Waals surface area contributed by atoms with Gasteiger partial charge in [-0.3, -0.25) is 4.79 Å². The topological polar surface area (TPSA) is 40.9 Å². The summed E-state index contributed by atoms with van der Waals surface area (Å²) in [5.41, 5.74) is 2.87. The summed E-state index contributed by atoms with van der Waals surface area (Å²) < 4.78 is 0. The van der Waals surface area contributed by atoms with Gasteiger partial charge in [-0.25, -0.2) is 0 Å². The van der Waals surface area contributed by atoms with E-state index in [-0.39, 0.29) is 11.7 Å². The average molecular weight is 185 g/mol. The van der Waals surface area contributed by atoms with Crippen molar-refractivity contribution < 1.29 is 4.79 Å². The number of hydrogen-bond acceptors (Lipinski definition) is 2. The molecule has 1 aromatic carbocycles. The number of benzene rings is 1. The molecule has 0 saturated heterocycles. The van der Waals surface area contributed by atoms with E-state index in [1.165, 1.54) is 0 Å². The largest absolute Gasteiger partial charge is 0.299 e. The van der Waals surface area contributed by atoms with E-state index in [1.807, 2.05) is 18.2 Å². The van der Waals surface area contributed by atoms with Crippen molar-refractivity contribution in [2.24, 2.45) is 0 Å². The van der Waals surface area contributed by atoms with Gasteiger partial charge in [-0.15, -0.1) is 0 Å². The molecular formula is C12H11NO. The van der Waals surface area contributed by atoms with Crippen molar-refractivity contribution in [2.75, 3.05) is 0 Å². The van der Waals surface area contributed by atoms with Crippen LogP contribution < -0.4 is 0 Å². The summed E-state index contributed by atoms with van der Waals surface area (Å²) in [7, 11) is 0. The second-order valence-electron chi connectivity index (χ2n) is 3.69. The summed E-state index contributed by atoms with van der Waals surface area (Å²) in [5, 5.41) is 8.89. The number of ketones is 1. The molecule has 0 bridgehead atoms. The molecule has 0 amide bonds. The molecule has 1 aliphatic carbocycles. The second-order valence-corrected chi connectivity index (χ2v) is 3.69. The summed E-state index contributed by atoms with van der Waals surface area (Å²) in [6.45, 7) is 1.62. The number of nitriles is 1. The van der Waals surface area contributed by atoms with Crippen molar-refractivity contribution in [3.63, 3.8) is 0 Å². The molecule has 0 heterocycles. The van der Waals surface area contributed by atoms with Crippen molar-refractivity contribution in [3.05, 3.63) is 34.9 Å². The lowest BCUT2D eigenvalue weighted by Gasteiger charge is -2.06. The Balaban J connectivity index is 2.53. The van der Waals surface area contributed by atoms with E-state index in [0.717, 1.165) is 29.5 Å². The Bertz CT molecular complexity index is 428. The number of nitrogens with zero attached hydrogens (tertiary/aromatic N) is 1. The van der Waals surface area contributed by atoms with Gasteiger partial charge in [0, 0.05) is 5.92 Å². The van der Waals surface area contributed by atoms with Crippen LogP contribution in [0.25, 0.3) is 0 Å². The SMILES string of the molecule is CC(=O)C1CCc2c(C#N)cccc21. The lowest BCUT2D eigenvalue weighted by molar-refractivity contribution is -0.118. The minimum atomic E-state index is 0.0262. The Morgan fingerprint density at radius 2 is 2.36 bits per heavy atom. The molecule has 0 aliphatic heterocycles. The molecule has 1 atom stereocenters. The zero-order valence-electron chi connectivity index (χ0n) is 8.08. The van der Waals surface area contributed by atoms with Crippen LogP contribution in [0.2, 0.25) is 0 Å². The van der Waals surface area contributed by atoms with Crippen molar-refractivity contribution >= 4 is 5.78 Å². The molecule has 0 N–H and O–H groups in total. The highest BCUT2D eigenvalue weighted by molar-refractivity contribution is 5.85. The summed E-state index contributed by atoms with van der Waals surface area (Å²) >= 11 is 0. The number of rotatable bonds is 1. The predicted octanol–water partition coefficient (Wildman–Crippen LogP) is 2.18. The van der Waals surface area contributed by atoms with Crippen LogP contribution in [-0.2, 0) is 11.2 Å². The van der Waals surface area contributed by atoms with Gasteiger partial charge >= 0.3 is 0 Å². The number of Topliss-reactive ketones (excluding diaryl/α,β-unsaturated/α-hetero) is 1. The van der Waals surface area contributed by atoms with E-state index in [1.54, 1.807) is 6.92 Å². The van der Waals surface area contributed by atoms with Crippen LogP contribution in [-0.4, -0.2) is 5.78 Å². The Labute approximate surface area is 83.2 Å². The van der Waals surface area contributed by atoms with Gasteiger partial charge in [0.2, 0.25) is 0 Å². The highest BCUT2D eigenvalue weighted by Gasteiger charge is 2.27. The third kappa shape index (κ3) is 1.22. The van der Waals surface area contributed by atoms with Crippen LogP contribution >= 0.6 is 0 Å². The zero-order valence-corrected chi connectivity index (χ0v) is 8.08. The number of hydrogen-bond donors (Lipinski definition) is 0. The minimum absolute atomic E-state index is 0.0262. The molecule has 2 rings (SSSR count). The maximum atomic E-state index is 11.3. The number of carbonyl (C=O) groups is 1. The van der Waals surface area contributed by atoms with Crippen molar-refractivity contribution in [1.82, 2.24) is 0 Å². The Hall–Kier alpha value is -1.62. The van der Waals surface area contributed by atoms with Gasteiger partial charge in [0.05, 0.1) is 11.6 Å². The molecule has 1 aromatic rings. The van der Waals surface area contributed by atoms with Gasteiger partial charge in [-0.2, -0.15) is 5.26 Å². The number of carbonyl (C=O) groups excluding carboxylic acids is 1. The van der Waals surface area contributed by atoms with Crippen molar-refractivity contribution in [1.29, 1.82) is 5.26 Å². The highest BCUT2D eigenvalue weighted by Crippen LogP contribution is 2.35. The maximum Gasteiger partial charge on any atom is 0.137 e. The molecule has 0 aromatic heterocycles. The van der Waals surface area contributed by atoms with Gasteiger partial charge in [-0.05, 0) is 37.0 Å². The minimum Gasteiger partial charge on any atom is -0.299 e. The Morgan fingerprint density at radius 3 is 3.00 bits per heavy atom. The lowest BCUT2D eigenvalue weighted by atomic mass is 9.96. The van der Waals surface area contributed by atoms with E-state index in [2.05, 4.69) is 6.07 Å². The molecule has 0 radical (unpaired) electrons. The van der Waals surface area contributed by atoms with Gasteiger partial charge < -0.3 is 0 Å². The molecule has 1 unspecified atom stereocenters. The van der Waals surface area contributed by atoms with Crippen molar-refractivity contribution in [2.45, 2.75) is 25.7 Å². The van der Waals surface area contributed by atoms with Crippen LogP contribution in [0.5, 0.6) is 0 Å². The maximum absolute atomic E-state index is 11.3. The van der Waals surface area contributed by atoms with E-state index >= 15 is 0 Å². The fraction of sp³-hybridized carbons (Fsp3) is 0.333. The molecule has 1 aliphatic rings.